The number of hydrazone groups is 1. The second-order valence-corrected chi connectivity index (χ2v) is 9.17. The molecule has 2 aliphatic rings. The summed E-state index contributed by atoms with van der Waals surface area (Å²) in [6, 6.07) is 19.6. The number of aryl methyl sites for hydroxylation is 1. The molecule has 0 spiro atoms. The van der Waals surface area contributed by atoms with Crippen molar-refractivity contribution < 1.29 is 4.79 Å². The van der Waals surface area contributed by atoms with Gasteiger partial charge in [-0.25, -0.2) is 0 Å². The Kier molecular flexibility index (Phi) is 5.52. The van der Waals surface area contributed by atoms with Gasteiger partial charge in [0.05, 0.1) is 10.6 Å². The number of hydrogen-bond acceptors (Lipinski definition) is 4. The van der Waals surface area contributed by atoms with Crippen molar-refractivity contribution in [2.75, 3.05) is 0 Å². The van der Waals surface area contributed by atoms with Crippen molar-refractivity contribution in [2.45, 2.75) is 20.4 Å². The van der Waals surface area contributed by atoms with E-state index in [9.17, 15) is 4.79 Å². The third-order valence-electron chi connectivity index (χ3n) is 5.65. The molecule has 33 heavy (non-hydrogen) atoms. The Labute approximate surface area is 200 Å². The van der Waals surface area contributed by atoms with Crippen LogP contribution in [0.4, 0.5) is 0 Å². The van der Waals surface area contributed by atoms with Crippen molar-refractivity contribution in [3.63, 3.8) is 0 Å². The molecule has 0 aliphatic carbocycles. The average Bonchev–Trinajstić information content (AvgIpc) is 3.34. The molecule has 5 rings (SSSR count). The average molecular weight is 474 g/mol. The molecule has 8 heteroatoms. The maximum atomic E-state index is 12.8. The van der Waals surface area contributed by atoms with E-state index in [0.717, 1.165) is 29.1 Å². The third kappa shape index (κ3) is 3.94. The number of nitrogens with one attached hydrogen (secondary N) is 1. The lowest BCUT2D eigenvalue weighted by atomic mass is 10.1. The molecule has 6 nitrogen and oxygen atoms in total. The fourth-order valence-corrected chi connectivity index (χ4v) is 5.09. The number of rotatable bonds is 4. The van der Waals surface area contributed by atoms with Gasteiger partial charge < -0.3 is 4.57 Å². The largest absolute Gasteiger partial charge is 0.344 e. The maximum absolute atomic E-state index is 12.8. The van der Waals surface area contributed by atoms with Crippen LogP contribution in [0.3, 0.4) is 0 Å². The SMILES string of the molecule is Cc1cc(C=C2C(=N)N3N=C(c4ccccc4Cl)SC3=NC2=O)c(C)n1Cc1ccccc1. The second-order valence-electron chi connectivity index (χ2n) is 7.80. The molecule has 164 valence electrons. The zero-order chi connectivity index (χ0) is 23.1. The van der Waals surface area contributed by atoms with Crippen molar-refractivity contribution in [3.8, 4) is 0 Å². The highest BCUT2D eigenvalue weighted by molar-refractivity contribution is 8.27. The summed E-state index contributed by atoms with van der Waals surface area (Å²) in [4.78, 5) is 17.0. The van der Waals surface area contributed by atoms with E-state index in [-0.39, 0.29) is 11.4 Å². The summed E-state index contributed by atoms with van der Waals surface area (Å²) in [5, 5.41) is 16.1. The van der Waals surface area contributed by atoms with Crippen LogP contribution in [0.2, 0.25) is 5.02 Å². The minimum Gasteiger partial charge on any atom is -0.344 e. The summed E-state index contributed by atoms with van der Waals surface area (Å²) in [6.45, 7) is 4.80. The molecule has 0 saturated heterocycles. The van der Waals surface area contributed by atoms with E-state index < -0.39 is 5.91 Å². The predicted molar refractivity (Wildman–Crippen MR) is 135 cm³/mol. The summed E-state index contributed by atoms with van der Waals surface area (Å²) in [5.41, 5.74) is 5.15. The lowest BCUT2D eigenvalue weighted by Gasteiger charge is -2.20. The van der Waals surface area contributed by atoms with E-state index in [1.807, 2.05) is 56.3 Å². The minimum atomic E-state index is -0.442. The Balaban J connectivity index is 1.47. The highest BCUT2D eigenvalue weighted by Gasteiger charge is 2.36. The molecule has 0 atom stereocenters. The van der Waals surface area contributed by atoms with E-state index in [4.69, 9.17) is 17.0 Å². The third-order valence-corrected chi connectivity index (χ3v) is 6.93. The monoisotopic (exact) mass is 473 g/mol. The van der Waals surface area contributed by atoms with Crippen LogP contribution in [0, 0.1) is 19.3 Å². The number of carbonyl (C=O) groups is 1. The lowest BCUT2D eigenvalue weighted by molar-refractivity contribution is -0.114. The van der Waals surface area contributed by atoms with Crippen LogP contribution in [0.25, 0.3) is 6.08 Å². The van der Waals surface area contributed by atoms with Gasteiger partial charge in [0.2, 0.25) is 5.17 Å². The standard InChI is InChI=1S/C25H20ClN5OS/c1-15-12-18(16(2)30(15)14-17-8-4-3-5-9-17)13-20-22(27)31-25(28-23(20)32)33-24(29-31)19-10-6-7-11-21(19)26/h3-13,27H,14H2,1-2H3. The second kappa shape index (κ2) is 8.50. The first-order chi connectivity index (χ1) is 15.9. The van der Waals surface area contributed by atoms with E-state index in [0.29, 0.717) is 15.2 Å². The molecule has 0 fully saturated rings. The van der Waals surface area contributed by atoms with Crippen LogP contribution in [-0.2, 0) is 11.3 Å². The highest BCUT2D eigenvalue weighted by atomic mass is 35.5. The van der Waals surface area contributed by atoms with Crippen LogP contribution in [-0.4, -0.2) is 31.5 Å². The van der Waals surface area contributed by atoms with Crippen molar-refractivity contribution in [3.05, 3.63) is 99.3 Å². The van der Waals surface area contributed by atoms with E-state index in [1.54, 1.807) is 12.1 Å². The summed E-state index contributed by atoms with van der Waals surface area (Å²) in [5.74, 6) is -0.436. The number of aromatic nitrogens is 1. The summed E-state index contributed by atoms with van der Waals surface area (Å²) < 4.78 is 2.20. The highest BCUT2D eigenvalue weighted by Crippen LogP contribution is 2.33. The van der Waals surface area contributed by atoms with E-state index in [2.05, 4.69) is 26.8 Å². The molecule has 1 N–H and O–H groups in total. The zero-order valence-corrected chi connectivity index (χ0v) is 19.6. The molecular formula is C25H20ClN5OS. The number of thioether (sulfide) groups is 1. The van der Waals surface area contributed by atoms with Crippen LogP contribution in [0.5, 0.6) is 0 Å². The Morgan fingerprint density at radius 3 is 2.58 bits per heavy atom. The lowest BCUT2D eigenvalue weighted by Crippen LogP contribution is -2.35. The number of fused-ring (bicyclic) bond motifs is 1. The van der Waals surface area contributed by atoms with Crippen molar-refractivity contribution in [1.82, 2.24) is 9.58 Å². The fraction of sp³-hybridized carbons (Fsp3) is 0.120. The molecule has 1 amide bonds. The van der Waals surface area contributed by atoms with Crippen LogP contribution < -0.4 is 0 Å². The molecule has 0 unspecified atom stereocenters. The molecule has 2 aliphatic heterocycles. The smallest absolute Gasteiger partial charge is 0.283 e. The maximum Gasteiger partial charge on any atom is 0.283 e. The Hall–Kier alpha value is -3.42. The summed E-state index contributed by atoms with van der Waals surface area (Å²) in [7, 11) is 0. The Bertz CT molecular complexity index is 1390. The molecule has 3 heterocycles. The van der Waals surface area contributed by atoms with Gasteiger partial charge in [-0.05, 0) is 54.9 Å². The van der Waals surface area contributed by atoms with Gasteiger partial charge in [-0.2, -0.15) is 15.1 Å². The molecule has 2 aromatic carbocycles. The minimum absolute atomic E-state index is 0.00687. The number of carbonyl (C=O) groups excluding carboxylic acids is 1. The summed E-state index contributed by atoms with van der Waals surface area (Å²) >= 11 is 7.55. The van der Waals surface area contributed by atoms with Crippen molar-refractivity contribution >= 4 is 51.4 Å². The van der Waals surface area contributed by atoms with Gasteiger partial charge in [0, 0.05) is 23.5 Å². The van der Waals surface area contributed by atoms with E-state index >= 15 is 0 Å². The number of amides is 1. The van der Waals surface area contributed by atoms with Gasteiger partial charge in [-0.15, -0.1) is 0 Å². The normalized spacial score (nSPS) is 16.8. The number of aliphatic imine (C=N–C) groups is 1. The van der Waals surface area contributed by atoms with Crippen LogP contribution >= 0.6 is 23.4 Å². The van der Waals surface area contributed by atoms with Crippen molar-refractivity contribution in [2.24, 2.45) is 10.1 Å². The zero-order valence-electron chi connectivity index (χ0n) is 18.0. The van der Waals surface area contributed by atoms with Gasteiger partial charge in [0.1, 0.15) is 5.04 Å². The van der Waals surface area contributed by atoms with Gasteiger partial charge in [0.25, 0.3) is 5.91 Å². The van der Waals surface area contributed by atoms with Crippen LogP contribution in [0.15, 0.2) is 76.3 Å². The van der Waals surface area contributed by atoms with Gasteiger partial charge >= 0.3 is 0 Å². The fourth-order valence-electron chi connectivity index (χ4n) is 3.87. The molecule has 3 aromatic rings. The van der Waals surface area contributed by atoms with E-state index in [1.165, 1.54) is 22.3 Å². The number of nitrogens with zero attached hydrogens (tertiary/aromatic N) is 4. The van der Waals surface area contributed by atoms with Crippen LogP contribution in [0.1, 0.15) is 28.1 Å². The number of amidine groups is 2. The first-order valence-electron chi connectivity index (χ1n) is 10.4. The number of hydrogen-bond donors (Lipinski definition) is 1. The number of halogens is 1. The molecule has 0 saturated carbocycles. The first kappa shape index (κ1) is 21.4. The quantitative estimate of drug-likeness (QED) is 0.510. The topological polar surface area (TPSA) is 73.8 Å². The molecular weight excluding hydrogens is 454 g/mol. The summed E-state index contributed by atoms with van der Waals surface area (Å²) in [6.07, 6.45) is 1.74. The molecule has 0 bridgehead atoms. The number of benzene rings is 2. The molecule has 1 aromatic heterocycles. The predicted octanol–water partition coefficient (Wildman–Crippen LogP) is 5.47. The Morgan fingerprint density at radius 2 is 1.82 bits per heavy atom. The van der Waals surface area contributed by atoms with Gasteiger partial charge in [-0.1, -0.05) is 60.1 Å². The van der Waals surface area contributed by atoms with Gasteiger partial charge in [-0.3, -0.25) is 10.2 Å². The van der Waals surface area contributed by atoms with Crippen molar-refractivity contribution in [1.29, 1.82) is 5.41 Å². The molecule has 0 radical (unpaired) electrons. The Morgan fingerprint density at radius 1 is 1.09 bits per heavy atom. The first-order valence-corrected chi connectivity index (χ1v) is 11.6. The van der Waals surface area contributed by atoms with Gasteiger partial charge in [0.15, 0.2) is 5.84 Å².